The molecule has 184 valence electrons. The Bertz CT molecular complexity index is 1360. The van der Waals surface area contributed by atoms with Gasteiger partial charge in [0, 0.05) is 23.2 Å². The van der Waals surface area contributed by atoms with Crippen molar-refractivity contribution in [1.29, 1.82) is 0 Å². The summed E-state index contributed by atoms with van der Waals surface area (Å²) in [5.41, 5.74) is 0.542. The molecule has 8 nitrogen and oxygen atoms in total. The van der Waals surface area contributed by atoms with Crippen molar-refractivity contribution >= 4 is 81.6 Å². The molecule has 1 fully saturated rings. The Morgan fingerprint density at radius 2 is 1.77 bits per heavy atom. The topological polar surface area (TPSA) is 97.0 Å². The molecule has 0 spiro atoms. The van der Waals surface area contributed by atoms with E-state index in [1.807, 2.05) is 24.3 Å². The van der Waals surface area contributed by atoms with Gasteiger partial charge in [-0.15, -0.1) is 0 Å². The number of ether oxygens (including phenoxy) is 2. The van der Waals surface area contributed by atoms with Crippen molar-refractivity contribution in [3.63, 3.8) is 0 Å². The van der Waals surface area contributed by atoms with Gasteiger partial charge in [0.2, 0.25) is 10.0 Å². The minimum Gasteiger partial charge on any atom is -0.483 e. The Hall–Kier alpha value is -2.09. The number of sulfonamides is 1. The number of fused-ring (bicyclic) bond motifs is 1. The highest BCUT2D eigenvalue weighted by molar-refractivity contribution is 9.11. The number of carbonyl (C=O) groups excluding carboxylic acids is 1. The van der Waals surface area contributed by atoms with E-state index in [2.05, 4.69) is 42.5 Å². The minimum absolute atomic E-state index is 0.0739. The lowest BCUT2D eigenvalue weighted by molar-refractivity contribution is -0.121. The summed E-state index contributed by atoms with van der Waals surface area (Å²) in [6, 6.07) is 15.7. The summed E-state index contributed by atoms with van der Waals surface area (Å²) in [6.07, 6.45) is 0. The van der Waals surface area contributed by atoms with Gasteiger partial charge in [-0.2, -0.15) is 4.31 Å². The molecule has 3 aromatic rings. The molecule has 35 heavy (non-hydrogen) atoms. The number of nitrogens with zero attached hydrogens (tertiary/aromatic N) is 1. The molecule has 1 heterocycles. The zero-order valence-corrected chi connectivity index (χ0v) is 23.1. The minimum atomic E-state index is -3.58. The van der Waals surface area contributed by atoms with Crippen molar-refractivity contribution in [2.24, 2.45) is 0 Å². The van der Waals surface area contributed by atoms with Gasteiger partial charge in [-0.05, 0) is 81.4 Å². The fourth-order valence-corrected chi connectivity index (χ4v) is 6.09. The van der Waals surface area contributed by atoms with E-state index in [1.165, 1.54) is 16.4 Å². The number of thiocarbonyl (C=S) groups is 1. The summed E-state index contributed by atoms with van der Waals surface area (Å²) in [7, 11) is -3.58. The SMILES string of the molecule is O=C(COc1ccc2cc(Br)ccc2c1Br)NC(=S)Nc1ccc(S(=O)(=O)N2CCOCC2)cc1. The summed E-state index contributed by atoms with van der Waals surface area (Å²) >= 11 is 12.2. The van der Waals surface area contributed by atoms with Crippen LogP contribution in [0.1, 0.15) is 0 Å². The number of morpholine rings is 1. The fraction of sp³-hybridized carbons (Fsp3) is 0.217. The molecule has 3 aromatic carbocycles. The second-order valence-corrected chi connectivity index (χ2v) is 11.6. The molecular formula is C23H21Br2N3O5S2. The van der Waals surface area contributed by atoms with Crippen molar-refractivity contribution in [2.45, 2.75) is 4.90 Å². The third kappa shape index (κ3) is 6.38. The monoisotopic (exact) mass is 641 g/mol. The van der Waals surface area contributed by atoms with Crippen LogP contribution in [0, 0.1) is 0 Å². The van der Waals surface area contributed by atoms with Gasteiger partial charge in [0.1, 0.15) is 5.75 Å². The van der Waals surface area contributed by atoms with E-state index >= 15 is 0 Å². The maximum atomic E-state index is 12.7. The van der Waals surface area contributed by atoms with E-state index in [0.717, 1.165) is 19.7 Å². The molecule has 2 N–H and O–H groups in total. The van der Waals surface area contributed by atoms with Crippen LogP contribution in [0.15, 0.2) is 68.4 Å². The Kier molecular flexibility index (Phi) is 8.40. The van der Waals surface area contributed by atoms with E-state index in [0.29, 0.717) is 37.7 Å². The second kappa shape index (κ2) is 11.3. The van der Waals surface area contributed by atoms with Gasteiger partial charge in [0.25, 0.3) is 5.91 Å². The van der Waals surface area contributed by atoms with Crippen LogP contribution in [0.2, 0.25) is 0 Å². The largest absolute Gasteiger partial charge is 0.483 e. The first-order valence-electron chi connectivity index (χ1n) is 10.5. The summed E-state index contributed by atoms with van der Waals surface area (Å²) in [4.78, 5) is 12.5. The first-order valence-corrected chi connectivity index (χ1v) is 14.0. The average molecular weight is 643 g/mol. The number of hydrogen-bond donors (Lipinski definition) is 2. The third-order valence-corrected chi connectivity index (χ3v) is 8.64. The van der Waals surface area contributed by atoms with Crippen LogP contribution in [-0.2, 0) is 19.6 Å². The molecule has 1 saturated heterocycles. The molecular weight excluding hydrogens is 622 g/mol. The number of hydrogen-bond acceptors (Lipinski definition) is 6. The number of halogens is 2. The van der Waals surface area contributed by atoms with E-state index in [9.17, 15) is 13.2 Å². The predicted octanol–water partition coefficient (Wildman–Crippen LogP) is 4.28. The van der Waals surface area contributed by atoms with E-state index < -0.39 is 15.9 Å². The number of benzene rings is 3. The van der Waals surface area contributed by atoms with Gasteiger partial charge in [-0.1, -0.05) is 28.1 Å². The third-order valence-electron chi connectivity index (χ3n) is 5.21. The van der Waals surface area contributed by atoms with Gasteiger partial charge in [-0.3, -0.25) is 10.1 Å². The Labute approximate surface area is 225 Å². The zero-order valence-electron chi connectivity index (χ0n) is 18.3. The van der Waals surface area contributed by atoms with Gasteiger partial charge in [0.05, 0.1) is 22.6 Å². The molecule has 1 aliphatic rings. The predicted molar refractivity (Wildman–Crippen MR) is 145 cm³/mol. The van der Waals surface area contributed by atoms with Crippen molar-refractivity contribution in [2.75, 3.05) is 38.2 Å². The van der Waals surface area contributed by atoms with E-state index in [4.69, 9.17) is 21.7 Å². The molecule has 0 aromatic heterocycles. The van der Waals surface area contributed by atoms with Crippen LogP contribution in [-0.4, -0.2) is 56.7 Å². The van der Waals surface area contributed by atoms with Crippen molar-refractivity contribution in [1.82, 2.24) is 9.62 Å². The van der Waals surface area contributed by atoms with Crippen LogP contribution < -0.4 is 15.4 Å². The molecule has 4 rings (SSSR count). The fourth-order valence-electron chi connectivity index (χ4n) is 3.47. The summed E-state index contributed by atoms with van der Waals surface area (Å²) in [6.45, 7) is 1.18. The standard InChI is InChI=1S/C23H21Br2N3O5S2/c24-16-2-7-19-15(13-16)1-8-20(22(19)25)33-14-21(29)27-23(34)26-17-3-5-18(6-4-17)35(30,31)28-9-11-32-12-10-28/h1-8,13H,9-12,14H2,(H2,26,27,29,34). The van der Waals surface area contributed by atoms with Gasteiger partial charge >= 0.3 is 0 Å². The number of carbonyl (C=O) groups is 1. The van der Waals surface area contributed by atoms with Crippen LogP contribution in [0.25, 0.3) is 10.8 Å². The number of rotatable bonds is 6. The molecule has 0 aliphatic carbocycles. The molecule has 0 atom stereocenters. The molecule has 1 aliphatic heterocycles. The van der Waals surface area contributed by atoms with Gasteiger partial charge in [0.15, 0.2) is 11.7 Å². The molecule has 1 amide bonds. The van der Waals surface area contributed by atoms with Crippen LogP contribution in [0.4, 0.5) is 5.69 Å². The zero-order chi connectivity index (χ0) is 25.0. The highest BCUT2D eigenvalue weighted by Crippen LogP contribution is 2.34. The molecule has 0 bridgehead atoms. The molecule has 0 unspecified atom stereocenters. The number of amides is 1. The Morgan fingerprint density at radius 3 is 2.49 bits per heavy atom. The molecule has 0 saturated carbocycles. The lowest BCUT2D eigenvalue weighted by Gasteiger charge is -2.26. The maximum Gasteiger partial charge on any atom is 0.264 e. The maximum absolute atomic E-state index is 12.7. The summed E-state index contributed by atoms with van der Waals surface area (Å²) < 4.78 is 39.4. The second-order valence-electron chi connectivity index (χ2n) is 7.57. The van der Waals surface area contributed by atoms with Gasteiger partial charge < -0.3 is 14.8 Å². The Balaban J connectivity index is 1.31. The normalized spacial score (nSPS) is 14.5. The van der Waals surface area contributed by atoms with Crippen LogP contribution >= 0.6 is 44.1 Å². The van der Waals surface area contributed by atoms with Crippen molar-refractivity contribution in [3.05, 3.63) is 63.5 Å². The van der Waals surface area contributed by atoms with Crippen molar-refractivity contribution in [3.8, 4) is 5.75 Å². The average Bonchev–Trinajstić information content (AvgIpc) is 2.84. The Morgan fingerprint density at radius 1 is 1.06 bits per heavy atom. The summed E-state index contributed by atoms with van der Waals surface area (Å²) in [5.74, 6) is 0.0998. The first kappa shape index (κ1) is 26.0. The molecule has 12 heteroatoms. The highest BCUT2D eigenvalue weighted by Gasteiger charge is 2.26. The number of nitrogens with one attached hydrogen (secondary N) is 2. The molecule has 0 radical (unpaired) electrons. The van der Waals surface area contributed by atoms with E-state index in [1.54, 1.807) is 18.2 Å². The summed E-state index contributed by atoms with van der Waals surface area (Å²) in [5, 5.41) is 7.49. The smallest absolute Gasteiger partial charge is 0.264 e. The number of anilines is 1. The lowest BCUT2D eigenvalue weighted by atomic mass is 10.1. The quantitative estimate of drug-likeness (QED) is 0.388. The van der Waals surface area contributed by atoms with E-state index in [-0.39, 0.29) is 16.6 Å². The van der Waals surface area contributed by atoms with Crippen LogP contribution in [0.5, 0.6) is 5.75 Å². The highest BCUT2D eigenvalue weighted by atomic mass is 79.9. The van der Waals surface area contributed by atoms with Crippen LogP contribution in [0.3, 0.4) is 0 Å². The lowest BCUT2D eigenvalue weighted by Crippen LogP contribution is -2.40. The van der Waals surface area contributed by atoms with Crippen molar-refractivity contribution < 1.29 is 22.7 Å². The first-order chi connectivity index (χ1) is 16.7. The van der Waals surface area contributed by atoms with Gasteiger partial charge in [-0.25, -0.2) is 8.42 Å².